The number of nitrogens with two attached hydrogens (primary N) is 1. The zero-order chi connectivity index (χ0) is 14.5. The Hall–Kier alpha value is -2.30. The van der Waals surface area contributed by atoms with Crippen molar-refractivity contribution < 1.29 is 18.3 Å². The maximum atomic E-state index is 13.3. The first-order chi connectivity index (χ1) is 9.56. The number of ether oxygens (including phenoxy) is 2. The van der Waals surface area contributed by atoms with Gasteiger partial charge in [0.2, 0.25) is 0 Å². The molecule has 3 nitrogen and oxygen atoms in total. The summed E-state index contributed by atoms with van der Waals surface area (Å²) in [5, 5.41) is 0. The Morgan fingerprint density at radius 3 is 2.35 bits per heavy atom. The van der Waals surface area contributed by atoms with Gasteiger partial charge in [-0.25, -0.2) is 8.78 Å². The van der Waals surface area contributed by atoms with E-state index in [-0.39, 0.29) is 19.0 Å². The van der Waals surface area contributed by atoms with Crippen molar-refractivity contribution in [3.63, 3.8) is 0 Å². The predicted molar refractivity (Wildman–Crippen MR) is 72.9 cm³/mol. The third kappa shape index (κ3) is 3.60. The number of anilines is 1. The van der Waals surface area contributed by atoms with Crippen molar-refractivity contribution in [3.8, 4) is 11.5 Å². The fourth-order valence-electron chi connectivity index (χ4n) is 1.67. The van der Waals surface area contributed by atoms with Gasteiger partial charge in [0.25, 0.3) is 0 Å². The normalized spacial score (nSPS) is 10.3. The molecule has 2 rings (SSSR count). The molecule has 0 aliphatic carbocycles. The number of benzene rings is 2. The molecule has 0 saturated heterocycles. The number of hydrogen-bond donors (Lipinski definition) is 1. The van der Waals surface area contributed by atoms with Gasteiger partial charge >= 0.3 is 0 Å². The summed E-state index contributed by atoms with van der Waals surface area (Å²) in [7, 11) is 0. The molecule has 106 valence electrons. The fourth-order valence-corrected chi connectivity index (χ4v) is 1.67. The maximum absolute atomic E-state index is 13.3. The minimum absolute atomic E-state index is 0.000650. The van der Waals surface area contributed by atoms with E-state index in [4.69, 9.17) is 15.2 Å². The molecule has 0 aliphatic rings. The van der Waals surface area contributed by atoms with E-state index < -0.39 is 11.6 Å². The highest BCUT2D eigenvalue weighted by atomic mass is 19.1. The molecule has 2 aromatic carbocycles. The van der Waals surface area contributed by atoms with Gasteiger partial charge in [0.15, 0.2) is 11.6 Å². The molecule has 2 aromatic rings. The molecule has 0 fully saturated rings. The second kappa shape index (κ2) is 6.23. The fraction of sp³-hybridized carbons (Fsp3) is 0.200. The molecular formula is C15H15F2NO2. The van der Waals surface area contributed by atoms with Crippen LogP contribution < -0.4 is 15.2 Å². The van der Waals surface area contributed by atoms with Crippen molar-refractivity contribution in [2.24, 2.45) is 0 Å². The van der Waals surface area contributed by atoms with Crippen LogP contribution in [0.1, 0.15) is 5.56 Å². The summed E-state index contributed by atoms with van der Waals surface area (Å²) in [5.41, 5.74) is 7.22. The van der Waals surface area contributed by atoms with Crippen LogP contribution in [0.2, 0.25) is 0 Å². The highest BCUT2D eigenvalue weighted by Gasteiger charge is 2.05. The molecule has 0 amide bonds. The van der Waals surface area contributed by atoms with E-state index in [1.807, 2.05) is 13.0 Å². The summed E-state index contributed by atoms with van der Waals surface area (Å²) >= 11 is 0. The van der Waals surface area contributed by atoms with Crippen LogP contribution in [0.15, 0.2) is 36.4 Å². The average Bonchev–Trinajstić information content (AvgIpc) is 2.40. The van der Waals surface area contributed by atoms with Crippen molar-refractivity contribution in [1.82, 2.24) is 0 Å². The monoisotopic (exact) mass is 279 g/mol. The molecule has 0 spiro atoms. The first-order valence-corrected chi connectivity index (χ1v) is 6.13. The number of nitrogen functional groups attached to an aromatic ring is 1. The summed E-state index contributed by atoms with van der Waals surface area (Å²) < 4.78 is 36.7. The van der Waals surface area contributed by atoms with Crippen LogP contribution >= 0.6 is 0 Å². The summed E-state index contributed by atoms with van der Waals surface area (Å²) in [4.78, 5) is 0. The van der Waals surface area contributed by atoms with Crippen LogP contribution in [0.5, 0.6) is 11.5 Å². The van der Waals surface area contributed by atoms with Crippen LogP contribution in [0.4, 0.5) is 14.5 Å². The van der Waals surface area contributed by atoms with Crippen molar-refractivity contribution in [2.45, 2.75) is 6.92 Å². The minimum Gasteiger partial charge on any atom is -0.490 e. The second-order valence-electron chi connectivity index (χ2n) is 4.30. The van der Waals surface area contributed by atoms with E-state index in [0.29, 0.717) is 11.4 Å². The van der Waals surface area contributed by atoms with E-state index >= 15 is 0 Å². The highest BCUT2D eigenvalue weighted by molar-refractivity contribution is 5.47. The topological polar surface area (TPSA) is 44.5 Å². The Kier molecular flexibility index (Phi) is 4.40. The number of halogens is 2. The van der Waals surface area contributed by atoms with Crippen molar-refractivity contribution >= 4 is 5.69 Å². The van der Waals surface area contributed by atoms with Gasteiger partial charge in [-0.3, -0.25) is 0 Å². The van der Waals surface area contributed by atoms with Gasteiger partial charge < -0.3 is 15.2 Å². The second-order valence-corrected chi connectivity index (χ2v) is 4.30. The van der Waals surface area contributed by atoms with Gasteiger partial charge in [0, 0.05) is 17.8 Å². The van der Waals surface area contributed by atoms with E-state index in [2.05, 4.69) is 0 Å². The molecule has 5 heteroatoms. The van der Waals surface area contributed by atoms with Crippen molar-refractivity contribution in [2.75, 3.05) is 18.9 Å². The highest BCUT2D eigenvalue weighted by Crippen LogP contribution is 2.21. The lowest BCUT2D eigenvalue weighted by molar-refractivity contribution is 0.210. The van der Waals surface area contributed by atoms with Crippen LogP contribution in [-0.4, -0.2) is 13.2 Å². The number of hydrogen-bond acceptors (Lipinski definition) is 3. The van der Waals surface area contributed by atoms with Gasteiger partial charge in [0.05, 0.1) is 0 Å². The van der Waals surface area contributed by atoms with Gasteiger partial charge in [-0.1, -0.05) is 6.07 Å². The third-order valence-electron chi connectivity index (χ3n) is 2.70. The summed E-state index contributed by atoms with van der Waals surface area (Å²) in [6.07, 6.45) is 0. The zero-order valence-electron chi connectivity index (χ0n) is 11.0. The smallest absolute Gasteiger partial charge is 0.167 e. The molecule has 0 atom stereocenters. The van der Waals surface area contributed by atoms with Gasteiger partial charge in [-0.2, -0.15) is 0 Å². The summed E-state index contributed by atoms with van der Waals surface area (Å²) in [6.45, 7) is 2.28. The predicted octanol–water partition coefficient (Wildman–Crippen LogP) is 3.31. The lowest BCUT2D eigenvalue weighted by atomic mass is 10.2. The molecule has 2 N–H and O–H groups in total. The van der Waals surface area contributed by atoms with Crippen LogP contribution in [0.25, 0.3) is 0 Å². The van der Waals surface area contributed by atoms with Gasteiger partial charge in [-0.05, 0) is 30.7 Å². The first-order valence-electron chi connectivity index (χ1n) is 6.13. The van der Waals surface area contributed by atoms with E-state index in [9.17, 15) is 8.78 Å². The van der Waals surface area contributed by atoms with E-state index in [1.165, 1.54) is 6.07 Å². The molecule has 0 radical (unpaired) electrons. The van der Waals surface area contributed by atoms with Gasteiger partial charge in [-0.15, -0.1) is 0 Å². The molecule has 0 aromatic heterocycles. The molecular weight excluding hydrogens is 264 g/mol. The first kappa shape index (κ1) is 14.1. The molecule has 0 heterocycles. The quantitative estimate of drug-likeness (QED) is 0.674. The third-order valence-corrected chi connectivity index (χ3v) is 2.70. The Bertz CT molecular complexity index is 602. The SMILES string of the molecule is Cc1ccc(N)cc1OCCOc1ccc(F)cc1F. The number of rotatable bonds is 5. The molecule has 0 saturated carbocycles. The lowest BCUT2D eigenvalue weighted by Crippen LogP contribution is -2.10. The Morgan fingerprint density at radius 2 is 1.65 bits per heavy atom. The summed E-state index contributed by atoms with van der Waals surface area (Å²) in [6, 6.07) is 8.52. The Balaban J connectivity index is 1.86. The summed E-state index contributed by atoms with van der Waals surface area (Å²) in [5.74, 6) is -0.709. The molecule has 0 aliphatic heterocycles. The Labute approximate surface area is 115 Å². The van der Waals surface area contributed by atoms with E-state index in [0.717, 1.165) is 17.7 Å². The van der Waals surface area contributed by atoms with Crippen LogP contribution in [0, 0.1) is 18.6 Å². The maximum Gasteiger partial charge on any atom is 0.167 e. The largest absolute Gasteiger partial charge is 0.490 e. The minimum atomic E-state index is -0.731. The van der Waals surface area contributed by atoms with Crippen LogP contribution in [-0.2, 0) is 0 Å². The van der Waals surface area contributed by atoms with Crippen LogP contribution in [0.3, 0.4) is 0 Å². The van der Waals surface area contributed by atoms with E-state index in [1.54, 1.807) is 12.1 Å². The molecule has 20 heavy (non-hydrogen) atoms. The average molecular weight is 279 g/mol. The molecule has 0 unspecified atom stereocenters. The number of aryl methyl sites for hydroxylation is 1. The van der Waals surface area contributed by atoms with Crippen molar-refractivity contribution in [3.05, 3.63) is 53.6 Å². The Morgan fingerprint density at radius 1 is 0.950 bits per heavy atom. The zero-order valence-corrected chi connectivity index (χ0v) is 11.0. The lowest BCUT2D eigenvalue weighted by Gasteiger charge is -2.11. The molecule has 0 bridgehead atoms. The van der Waals surface area contributed by atoms with Gasteiger partial charge in [0.1, 0.15) is 24.8 Å². The standard InChI is InChI=1S/C15H15F2NO2/c1-10-2-4-12(18)9-15(10)20-7-6-19-14-5-3-11(16)8-13(14)17/h2-5,8-9H,6-7,18H2,1H3. The van der Waals surface area contributed by atoms with Crippen molar-refractivity contribution in [1.29, 1.82) is 0 Å².